The lowest BCUT2D eigenvalue weighted by Crippen LogP contribution is -2.52. The third kappa shape index (κ3) is 4.61. The Kier molecular flexibility index (Phi) is 5.87. The van der Waals surface area contributed by atoms with Crippen molar-refractivity contribution >= 4 is 33.6 Å². The molecule has 2 atom stereocenters. The molecule has 3 rings (SSSR count). The molecule has 1 aliphatic heterocycles. The highest BCUT2D eigenvalue weighted by atomic mass is 79.9. The number of imide groups is 1. The molecule has 8 nitrogen and oxygen atoms in total. The largest absolute Gasteiger partial charge is 0.508 e. The van der Waals surface area contributed by atoms with Crippen molar-refractivity contribution in [2.24, 2.45) is 0 Å². The molecule has 2 aromatic rings. The molecule has 9 heteroatoms. The van der Waals surface area contributed by atoms with Gasteiger partial charge in [-0.2, -0.15) is 10.4 Å². The fourth-order valence-electron chi connectivity index (χ4n) is 2.89. The lowest BCUT2D eigenvalue weighted by Gasteiger charge is -2.23. The maximum atomic E-state index is 12.7. The van der Waals surface area contributed by atoms with Crippen LogP contribution in [0.1, 0.15) is 18.9 Å². The average molecular weight is 449 g/mol. The first-order valence-electron chi connectivity index (χ1n) is 8.68. The van der Waals surface area contributed by atoms with Crippen LogP contribution in [0.5, 0.6) is 5.75 Å². The number of hydrazine groups is 1. The predicted octanol–water partition coefficient (Wildman–Crippen LogP) is 2.29. The van der Waals surface area contributed by atoms with Gasteiger partial charge in [0, 0.05) is 10.2 Å². The fourth-order valence-corrected chi connectivity index (χ4v) is 3.15. The second-order valence-electron chi connectivity index (χ2n) is 6.75. The van der Waals surface area contributed by atoms with E-state index in [1.54, 1.807) is 55.5 Å². The van der Waals surface area contributed by atoms with Gasteiger partial charge in [0.25, 0.3) is 5.91 Å². The Morgan fingerprint density at radius 3 is 2.43 bits per heavy atom. The molecule has 1 saturated heterocycles. The number of phenolic OH excluding ortho intramolecular Hbond substituents is 1. The number of halogens is 1. The van der Waals surface area contributed by atoms with Crippen LogP contribution in [0, 0.1) is 0 Å². The van der Waals surface area contributed by atoms with E-state index in [1.807, 2.05) is 0 Å². The molecular weight excluding hydrogens is 428 g/mol. The predicted molar refractivity (Wildman–Crippen MR) is 107 cm³/mol. The van der Waals surface area contributed by atoms with Crippen molar-refractivity contribution in [2.45, 2.75) is 31.7 Å². The zero-order valence-electron chi connectivity index (χ0n) is 15.1. The molecule has 1 heterocycles. The Bertz CT molecular complexity index is 859. The smallest absolute Gasteiger partial charge is 0.339 e. The minimum atomic E-state index is -1.34. The number of phenols is 1. The molecule has 148 valence electrons. The maximum absolute atomic E-state index is 12.7. The zero-order valence-corrected chi connectivity index (χ0v) is 16.7. The number of anilines is 1. The van der Waals surface area contributed by atoms with Crippen molar-refractivity contribution < 1.29 is 19.8 Å². The third-order valence-electron chi connectivity index (χ3n) is 4.51. The number of urea groups is 1. The normalized spacial score (nSPS) is 20.2. The lowest BCUT2D eigenvalue weighted by molar-refractivity contribution is -0.135. The first-order valence-corrected chi connectivity index (χ1v) is 9.47. The highest BCUT2D eigenvalue weighted by Gasteiger charge is 2.48. The van der Waals surface area contributed by atoms with Crippen molar-refractivity contribution in [3.8, 4) is 5.75 Å². The summed E-state index contributed by atoms with van der Waals surface area (Å²) in [6.45, 7) is 1.64. The fraction of sp³-hybridized carbons (Fsp3) is 0.263. The minimum Gasteiger partial charge on any atom is -0.508 e. The maximum Gasteiger partial charge on any atom is 0.339 e. The van der Waals surface area contributed by atoms with Crippen LogP contribution in [-0.4, -0.2) is 39.1 Å². The molecule has 1 aliphatic rings. The van der Waals surface area contributed by atoms with Crippen LogP contribution in [0.3, 0.4) is 0 Å². The number of carbonyl (C=O) groups excluding carboxylic acids is 2. The van der Waals surface area contributed by atoms with E-state index in [0.29, 0.717) is 18.5 Å². The van der Waals surface area contributed by atoms with Gasteiger partial charge >= 0.3 is 6.03 Å². The van der Waals surface area contributed by atoms with Crippen LogP contribution in [0.25, 0.3) is 0 Å². The number of hydrogen-bond donors (Lipinski definition) is 5. The Hall–Kier alpha value is -2.62. The quantitative estimate of drug-likeness (QED) is 0.328. The summed E-state index contributed by atoms with van der Waals surface area (Å²) in [6.07, 6.45) is -0.428. The van der Waals surface area contributed by atoms with Gasteiger partial charge in [0.2, 0.25) is 0 Å². The van der Waals surface area contributed by atoms with E-state index in [0.717, 1.165) is 15.0 Å². The van der Waals surface area contributed by atoms with E-state index < -0.39 is 23.8 Å². The second-order valence-corrected chi connectivity index (χ2v) is 7.67. The van der Waals surface area contributed by atoms with Gasteiger partial charge in [-0.25, -0.2) is 4.79 Å². The number of aliphatic hydroxyl groups is 1. The van der Waals surface area contributed by atoms with Crippen LogP contribution in [0.4, 0.5) is 10.5 Å². The van der Waals surface area contributed by atoms with Crippen molar-refractivity contribution in [3.05, 3.63) is 58.6 Å². The Morgan fingerprint density at radius 1 is 1.14 bits per heavy atom. The van der Waals surface area contributed by atoms with Gasteiger partial charge in [0.1, 0.15) is 11.3 Å². The van der Waals surface area contributed by atoms with Gasteiger partial charge in [0.15, 0.2) is 6.35 Å². The van der Waals surface area contributed by atoms with Crippen molar-refractivity contribution in [2.75, 3.05) is 5.32 Å². The zero-order chi connectivity index (χ0) is 20.3. The monoisotopic (exact) mass is 448 g/mol. The van der Waals surface area contributed by atoms with E-state index in [2.05, 4.69) is 32.0 Å². The number of carbonyl (C=O) groups is 2. The lowest BCUT2D eigenvalue weighted by atomic mass is 9.93. The molecular formula is C19H21BrN4O4. The molecule has 5 N–H and O–H groups in total. The molecule has 3 amide bonds. The Balaban J connectivity index is 1.60. The molecule has 0 bridgehead atoms. The topological polar surface area (TPSA) is 114 Å². The number of amides is 3. The number of nitrogens with zero attached hydrogens (tertiary/aromatic N) is 1. The van der Waals surface area contributed by atoms with Gasteiger partial charge in [-0.3, -0.25) is 4.79 Å². The summed E-state index contributed by atoms with van der Waals surface area (Å²) in [4.78, 5) is 25.0. The summed E-state index contributed by atoms with van der Waals surface area (Å²) in [5.41, 5.74) is 2.93. The van der Waals surface area contributed by atoms with Crippen LogP contribution in [0.2, 0.25) is 0 Å². The highest BCUT2D eigenvalue weighted by Crippen LogP contribution is 2.23. The molecule has 2 aromatic carbocycles. The minimum absolute atomic E-state index is 0.169. The molecule has 0 radical (unpaired) electrons. The summed E-state index contributed by atoms with van der Waals surface area (Å²) < 4.78 is 0.888. The standard InChI is InChI=1S/C19H21BrN4O4/c1-19(11-10-12-2-8-15(25)9-3-12)16(26)24(18(28)22-19)23-17(27)21-14-6-4-13(20)5-7-14/h2-9,17,21,23,25,27H,10-11H2,1H3,(H,22,28). The summed E-state index contributed by atoms with van der Waals surface area (Å²) in [5, 5.41) is 25.7. The molecule has 0 spiro atoms. The Morgan fingerprint density at radius 2 is 1.79 bits per heavy atom. The van der Waals surface area contributed by atoms with Crippen molar-refractivity contribution in [3.63, 3.8) is 0 Å². The highest BCUT2D eigenvalue weighted by molar-refractivity contribution is 9.10. The third-order valence-corrected chi connectivity index (χ3v) is 5.04. The number of aliphatic hydroxyl groups excluding tert-OH is 1. The van der Waals surface area contributed by atoms with Crippen LogP contribution >= 0.6 is 15.9 Å². The molecule has 1 fully saturated rings. The van der Waals surface area contributed by atoms with Gasteiger partial charge < -0.3 is 20.8 Å². The summed E-state index contributed by atoms with van der Waals surface area (Å²) >= 11 is 3.32. The summed E-state index contributed by atoms with van der Waals surface area (Å²) in [6, 6.07) is 13.1. The first kappa shape index (κ1) is 20.1. The van der Waals surface area contributed by atoms with E-state index >= 15 is 0 Å². The van der Waals surface area contributed by atoms with E-state index in [4.69, 9.17) is 0 Å². The Labute approximate surface area is 170 Å². The molecule has 28 heavy (non-hydrogen) atoms. The van der Waals surface area contributed by atoms with Crippen LogP contribution < -0.4 is 16.1 Å². The van der Waals surface area contributed by atoms with Gasteiger partial charge in [-0.05, 0) is 61.7 Å². The number of aromatic hydroxyl groups is 1. The second kappa shape index (κ2) is 8.17. The number of aryl methyl sites for hydroxylation is 1. The van der Waals surface area contributed by atoms with Gasteiger partial charge in [0.05, 0.1) is 0 Å². The summed E-state index contributed by atoms with van der Waals surface area (Å²) in [5.74, 6) is -0.309. The van der Waals surface area contributed by atoms with Crippen molar-refractivity contribution in [1.82, 2.24) is 15.8 Å². The van der Waals surface area contributed by atoms with Gasteiger partial charge in [-0.15, -0.1) is 0 Å². The van der Waals surface area contributed by atoms with E-state index in [-0.39, 0.29) is 5.75 Å². The molecule has 0 aromatic heterocycles. The number of rotatable bonds is 7. The van der Waals surface area contributed by atoms with Crippen LogP contribution in [-0.2, 0) is 11.2 Å². The number of nitrogens with one attached hydrogen (secondary N) is 3. The van der Waals surface area contributed by atoms with Crippen LogP contribution in [0.15, 0.2) is 53.0 Å². The number of benzene rings is 2. The molecule has 0 saturated carbocycles. The first-order chi connectivity index (χ1) is 13.3. The number of hydrogen-bond acceptors (Lipinski definition) is 6. The van der Waals surface area contributed by atoms with E-state index in [9.17, 15) is 19.8 Å². The molecule has 0 aliphatic carbocycles. The molecule has 2 unspecified atom stereocenters. The van der Waals surface area contributed by atoms with Gasteiger partial charge in [-0.1, -0.05) is 28.1 Å². The summed E-state index contributed by atoms with van der Waals surface area (Å²) in [7, 11) is 0. The van der Waals surface area contributed by atoms with E-state index in [1.165, 1.54) is 0 Å². The average Bonchev–Trinajstić information content (AvgIpc) is 2.87. The van der Waals surface area contributed by atoms with Crippen molar-refractivity contribution in [1.29, 1.82) is 0 Å². The SMILES string of the molecule is CC1(CCc2ccc(O)cc2)NC(=O)N(NC(O)Nc2ccc(Br)cc2)C1=O.